The van der Waals surface area contributed by atoms with Crippen molar-refractivity contribution in [1.29, 1.82) is 0 Å². The van der Waals surface area contributed by atoms with Gasteiger partial charge in [0.05, 0.1) is 5.56 Å². The highest BCUT2D eigenvalue weighted by molar-refractivity contribution is 9.11. The molecule has 0 aromatic heterocycles. The van der Waals surface area contributed by atoms with Gasteiger partial charge in [0.2, 0.25) is 0 Å². The van der Waals surface area contributed by atoms with E-state index in [4.69, 9.17) is 0 Å². The molecular weight excluding hydrogens is 374 g/mol. The van der Waals surface area contributed by atoms with Gasteiger partial charge in [-0.2, -0.15) is 0 Å². The van der Waals surface area contributed by atoms with Crippen LogP contribution in [0.15, 0.2) is 45.3 Å². The highest BCUT2D eigenvalue weighted by atomic mass is 79.9. The van der Waals surface area contributed by atoms with Gasteiger partial charge in [0.25, 0.3) is 5.91 Å². The Hall–Kier alpha value is -1.33. The number of carbonyl (C=O) groups is 1. The Morgan fingerprint density at radius 2 is 1.89 bits per heavy atom. The molecule has 2 aromatic rings. The zero-order chi connectivity index (χ0) is 14.0. The minimum atomic E-state index is -0.210. The summed E-state index contributed by atoms with van der Waals surface area (Å²) in [5, 5.41) is 12.2. The molecule has 0 aliphatic rings. The average Bonchev–Trinajstić information content (AvgIpc) is 2.36. The number of halogens is 2. The molecule has 0 aliphatic carbocycles. The summed E-state index contributed by atoms with van der Waals surface area (Å²) in [6.45, 7) is 1.78. The van der Waals surface area contributed by atoms with Gasteiger partial charge in [0, 0.05) is 14.6 Å². The second-order valence-electron chi connectivity index (χ2n) is 4.08. The summed E-state index contributed by atoms with van der Waals surface area (Å²) in [4.78, 5) is 12.2. The quantitative estimate of drug-likeness (QED) is 0.750. The van der Waals surface area contributed by atoms with E-state index in [1.54, 1.807) is 37.3 Å². The van der Waals surface area contributed by atoms with Gasteiger partial charge in [0.15, 0.2) is 0 Å². The molecule has 2 aromatic carbocycles. The molecule has 2 rings (SSSR count). The van der Waals surface area contributed by atoms with Crippen molar-refractivity contribution in [2.75, 3.05) is 5.32 Å². The molecule has 0 atom stereocenters. The molecule has 2 N–H and O–H groups in total. The van der Waals surface area contributed by atoms with Crippen LogP contribution in [0.25, 0.3) is 0 Å². The van der Waals surface area contributed by atoms with Crippen LogP contribution in [0.3, 0.4) is 0 Å². The number of hydrogen-bond donors (Lipinski definition) is 2. The lowest BCUT2D eigenvalue weighted by atomic mass is 10.1. The van der Waals surface area contributed by atoms with E-state index in [2.05, 4.69) is 37.2 Å². The van der Waals surface area contributed by atoms with Gasteiger partial charge in [0.1, 0.15) is 5.75 Å². The first-order valence-electron chi connectivity index (χ1n) is 5.53. The Morgan fingerprint density at radius 1 is 1.16 bits per heavy atom. The van der Waals surface area contributed by atoms with Gasteiger partial charge in [-0.05, 0) is 64.8 Å². The van der Waals surface area contributed by atoms with Crippen LogP contribution in [0.2, 0.25) is 0 Å². The molecule has 0 unspecified atom stereocenters. The molecule has 3 nitrogen and oxygen atoms in total. The number of anilines is 1. The van der Waals surface area contributed by atoms with Crippen LogP contribution in [-0.4, -0.2) is 11.0 Å². The summed E-state index contributed by atoms with van der Waals surface area (Å²) in [6, 6.07) is 10.3. The Labute approximate surface area is 127 Å². The molecule has 0 saturated carbocycles. The number of phenols is 1. The third-order valence-corrected chi connectivity index (χ3v) is 3.81. The molecule has 0 spiro atoms. The lowest BCUT2D eigenvalue weighted by Gasteiger charge is -2.08. The number of phenolic OH excluding ortho intramolecular Hbond substituents is 1. The fourth-order valence-corrected chi connectivity index (χ4v) is 2.39. The molecule has 19 heavy (non-hydrogen) atoms. The first-order valence-corrected chi connectivity index (χ1v) is 7.12. The fraction of sp³-hybridized carbons (Fsp3) is 0.0714. The van der Waals surface area contributed by atoms with E-state index in [0.717, 1.165) is 8.95 Å². The maximum absolute atomic E-state index is 12.2. The summed E-state index contributed by atoms with van der Waals surface area (Å²) in [6.07, 6.45) is 0. The van der Waals surface area contributed by atoms with Crippen LogP contribution in [0.1, 0.15) is 15.9 Å². The summed E-state index contributed by atoms with van der Waals surface area (Å²) in [5.41, 5.74) is 1.90. The monoisotopic (exact) mass is 383 g/mol. The maximum Gasteiger partial charge on any atom is 0.256 e. The first kappa shape index (κ1) is 14.1. The molecular formula is C14H11Br2NO2. The van der Waals surface area contributed by atoms with Gasteiger partial charge in [-0.15, -0.1) is 0 Å². The van der Waals surface area contributed by atoms with Crippen molar-refractivity contribution in [1.82, 2.24) is 0 Å². The predicted octanol–water partition coefficient (Wildman–Crippen LogP) is 4.48. The Balaban J connectivity index is 2.25. The molecule has 0 aliphatic heterocycles. The van der Waals surface area contributed by atoms with Gasteiger partial charge in [-0.3, -0.25) is 4.79 Å². The third-order valence-electron chi connectivity index (χ3n) is 2.63. The van der Waals surface area contributed by atoms with Gasteiger partial charge < -0.3 is 10.4 Å². The SMILES string of the molecule is Cc1cc(NC(=O)c2cc(Br)ccc2Br)ccc1O. The number of amides is 1. The topological polar surface area (TPSA) is 49.3 Å². The highest BCUT2D eigenvalue weighted by Gasteiger charge is 2.11. The van der Waals surface area contributed by atoms with Crippen LogP contribution in [-0.2, 0) is 0 Å². The van der Waals surface area contributed by atoms with Crippen LogP contribution >= 0.6 is 31.9 Å². The van der Waals surface area contributed by atoms with E-state index >= 15 is 0 Å². The molecule has 0 saturated heterocycles. The van der Waals surface area contributed by atoms with Crippen molar-refractivity contribution in [2.24, 2.45) is 0 Å². The minimum absolute atomic E-state index is 0.210. The zero-order valence-electron chi connectivity index (χ0n) is 10.1. The van der Waals surface area contributed by atoms with Crippen molar-refractivity contribution in [3.8, 4) is 5.75 Å². The molecule has 0 bridgehead atoms. The normalized spacial score (nSPS) is 10.3. The second kappa shape index (κ2) is 5.75. The van der Waals surface area contributed by atoms with Gasteiger partial charge in [-0.1, -0.05) is 15.9 Å². The fourth-order valence-electron chi connectivity index (χ4n) is 1.60. The molecule has 98 valence electrons. The number of rotatable bonds is 2. The van der Waals surface area contributed by atoms with E-state index < -0.39 is 0 Å². The summed E-state index contributed by atoms with van der Waals surface area (Å²) >= 11 is 6.69. The van der Waals surface area contributed by atoms with Gasteiger partial charge >= 0.3 is 0 Å². The number of aromatic hydroxyl groups is 1. The molecule has 0 heterocycles. The number of aryl methyl sites for hydroxylation is 1. The Morgan fingerprint density at radius 3 is 2.58 bits per heavy atom. The summed E-state index contributed by atoms with van der Waals surface area (Å²) in [7, 11) is 0. The molecule has 0 radical (unpaired) electrons. The van der Waals surface area contributed by atoms with Crippen LogP contribution in [0, 0.1) is 6.92 Å². The van der Waals surface area contributed by atoms with Crippen molar-refractivity contribution < 1.29 is 9.90 Å². The first-order chi connectivity index (χ1) is 8.97. The van der Waals surface area contributed by atoms with E-state index in [0.29, 0.717) is 16.8 Å². The molecule has 1 amide bonds. The maximum atomic E-state index is 12.2. The number of carbonyl (C=O) groups excluding carboxylic acids is 1. The second-order valence-corrected chi connectivity index (χ2v) is 5.85. The standard InChI is InChI=1S/C14H11Br2NO2/c1-8-6-10(3-5-13(8)18)17-14(19)11-7-9(15)2-4-12(11)16/h2-7,18H,1H3,(H,17,19). The largest absolute Gasteiger partial charge is 0.508 e. The number of benzene rings is 2. The average molecular weight is 385 g/mol. The van der Waals surface area contributed by atoms with E-state index in [1.807, 2.05) is 6.07 Å². The van der Waals surface area contributed by atoms with Crippen molar-refractivity contribution in [2.45, 2.75) is 6.92 Å². The van der Waals surface area contributed by atoms with Crippen LogP contribution in [0.5, 0.6) is 5.75 Å². The Kier molecular flexibility index (Phi) is 4.27. The zero-order valence-corrected chi connectivity index (χ0v) is 13.2. The Bertz CT molecular complexity index is 641. The summed E-state index contributed by atoms with van der Waals surface area (Å²) < 4.78 is 1.56. The van der Waals surface area contributed by atoms with Crippen molar-refractivity contribution in [3.63, 3.8) is 0 Å². The molecule has 5 heteroatoms. The lowest BCUT2D eigenvalue weighted by Crippen LogP contribution is -2.12. The van der Waals surface area contributed by atoms with E-state index in [9.17, 15) is 9.90 Å². The number of hydrogen-bond acceptors (Lipinski definition) is 2. The van der Waals surface area contributed by atoms with Crippen LogP contribution < -0.4 is 5.32 Å². The van der Waals surface area contributed by atoms with Crippen LogP contribution in [0.4, 0.5) is 5.69 Å². The lowest BCUT2D eigenvalue weighted by molar-refractivity contribution is 0.102. The van der Waals surface area contributed by atoms with Gasteiger partial charge in [-0.25, -0.2) is 0 Å². The molecule has 0 fully saturated rings. The van der Waals surface area contributed by atoms with Crippen molar-refractivity contribution >= 4 is 43.5 Å². The predicted molar refractivity (Wildman–Crippen MR) is 82.6 cm³/mol. The summed E-state index contributed by atoms with van der Waals surface area (Å²) in [5.74, 6) is -0.0000927. The smallest absolute Gasteiger partial charge is 0.256 e. The van der Waals surface area contributed by atoms with E-state index in [1.165, 1.54) is 0 Å². The third kappa shape index (κ3) is 3.36. The highest BCUT2D eigenvalue weighted by Crippen LogP contribution is 2.24. The minimum Gasteiger partial charge on any atom is -0.508 e. The number of nitrogens with one attached hydrogen (secondary N) is 1. The van der Waals surface area contributed by atoms with Crippen molar-refractivity contribution in [3.05, 3.63) is 56.5 Å². The van der Waals surface area contributed by atoms with E-state index in [-0.39, 0.29) is 11.7 Å².